The highest BCUT2D eigenvalue weighted by Crippen LogP contribution is 2.43. The third-order valence-corrected chi connectivity index (χ3v) is 8.18. The Labute approximate surface area is 169 Å². The zero-order valence-corrected chi connectivity index (χ0v) is 17.0. The Bertz CT molecular complexity index is 540. The van der Waals surface area contributed by atoms with Gasteiger partial charge in [-0.1, -0.05) is 19.3 Å². The van der Waals surface area contributed by atoms with E-state index in [0.29, 0.717) is 12.3 Å². The highest BCUT2D eigenvalue weighted by molar-refractivity contribution is 6.42. The standard InChI is InChI=1S/C21H37BN2O4/c23-13-14-3-1-4-16(11-14)15-7-9-24(10-8-15)21(25)17-5-2-6-19-18(17)12-20(28-19)22(26)27/h14-20,26-27H,1-13,23H2. The summed E-state index contributed by atoms with van der Waals surface area (Å²) in [6, 6.07) is -0.532. The summed E-state index contributed by atoms with van der Waals surface area (Å²) in [5, 5.41) is 19.0. The second kappa shape index (κ2) is 9.03. The lowest BCUT2D eigenvalue weighted by Crippen LogP contribution is -2.47. The van der Waals surface area contributed by atoms with E-state index < -0.39 is 13.1 Å². The zero-order chi connectivity index (χ0) is 19.7. The highest BCUT2D eigenvalue weighted by Gasteiger charge is 2.48. The van der Waals surface area contributed by atoms with Gasteiger partial charge in [0.1, 0.15) is 0 Å². The number of carbonyl (C=O) groups excluding carboxylic acids is 1. The third kappa shape index (κ3) is 4.28. The Morgan fingerprint density at radius 3 is 2.46 bits per heavy atom. The van der Waals surface area contributed by atoms with Gasteiger partial charge in [0.25, 0.3) is 0 Å². The van der Waals surface area contributed by atoms with E-state index in [-0.39, 0.29) is 23.8 Å². The summed E-state index contributed by atoms with van der Waals surface area (Å²) in [7, 11) is -1.44. The Hall–Kier alpha value is -0.625. The molecule has 2 aliphatic carbocycles. The average molecular weight is 392 g/mol. The number of likely N-dealkylation sites (tertiary alicyclic amines) is 1. The van der Waals surface area contributed by atoms with Crippen LogP contribution in [0, 0.1) is 29.6 Å². The van der Waals surface area contributed by atoms with Crippen molar-refractivity contribution < 1.29 is 19.6 Å². The molecule has 2 saturated carbocycles. The number of piperidine rings is 1. The smallest absolute Gasteiger partial charge is 0.425 e. The van der Waals surface area contributed by atoms with Crippen molar-refractivity contribution in [2.75, 3.05) is 19.6 Å². The van der Waals surface area contributed by atoms with Gasteiger partial charge in [0, 0.05) is 19.0 Å². The molecule has 4 rings (SSSR count). The lowest BCUT2D eigenvalue weighted by molar-refractivity contribution is -0.141. The molecule has 4 N–H and O–H groups in total. The fourth-order valence-electron chi connectivity index (χ4n) is 6.56. The number of hydrogen-bond donors (Lipinski definition) is 3. The molecular formula is C21H37BN2O4. The van der Waals surface area contributed by atoms with Gasteiger partial charge in [0.05, 0.1) is 12.1 Å². The fourth-order valence-corrected chi connectivity index (χ4v) is 6.56. The van der Waals surface area contributed by atoms with E-state index >= 15 is 0 Å². The quantitative estimate of drug-likeness (QED) is 0.632. The fraction of sp³-hybridized carbons (Fsp3) is 0.952. The van der Waals surface area contributed by atoms with Gasteiger partial charge in [0.2, 0.25) is 5.91 Å². The van der Waals surface area contributed by atoms with Crippen LogP contribution in [0.15, 0.2) is 0 Å². The van der Waals surface area contributed by atoms with Crippen LogP contribution < -0.4 is 5.73 Å². The molecule has 4 aliphatic rings. The lowest BCUT2D eigenvalue weighted by Gasteiger charge is -2.41. The SMILES string of the molecule is NCC1CCCC(C2CCN(C(=O)C3CCCC4OC(B(O)O)CC43)CC2)C1. The molecule has 0 aromatic rings. The molecule has 2 saturated heterocycles. The molecule has 7 heteroatoms. The van der Waals surface area contributed by atoms with Crippen LogP contribution in [0.2, 0.25) is 0 Å². The number of carbonyl (C=O) groups is 1. The topological polar surface area (TPSA) is 96.0 Å². The van der Waals surface area contributed by atoms with Crippen LogP contribution in [0.4, 0.5) is 0 Å². The number of amides is 1. The van der Waals surface area contributed by atoms with Crippen LogP contribution in [0.25, 0.3) is 0 Å². The maximum absolute atomic E-state index is 13.3. The summed E-state index contributed by atoms with van der Waals surface area (Å²) in [5.74, 6) is 2.68. The molecule has 0 aromatic carbocycles. The molecule has 1 amide bonds. The summed E-state index contributed by atoms with van der Waals surface area (Å²) < 4.78 is 5.83. The van der Waals surface area contributed by atoms with Crippen molar-refractivity contribution in [3.63, 3.8) is 0 Å². The van der Waals surface area contributed by atoms with Gasteiger partial charge in [-0.05, 0) is 75.2 Å². The van der Waals surface area contributed by atoms with Gasteiger partial charge in [-0.25, -0.2) is 0 Å². The van der Waals surface area contributed by atoms with Crippen molar-refractivity contribution in [2.24, 2.45) is 35.3 Å². The minimum atomic E-state index is -1.44. The van der Waals surface area contributed by atoms with E-state index in [2.05, 4.69) is 4.90 Å². The van der Waals surface area contributed by atoms with Crippen LogP contribution >= 0.6 is 0 Å². The van der Waals surface area contributed by atoms with Gasteiger partial charge in [-0.3, -0.25) is 4.79 Å². The van der Waals surface area contributed by atoms with Crippen LogP contribution in [0.3, 0.4) is 0 Å². The van der Waals surface area contributed by atoms with Gasteiger partial charge in [0.15, 0.2) is 0 Å². The van der Waals surface area contributed by atoms with Crippen molar-refractivity contribution >= 4 is 13.0 Å². The van der Waals surface area contributed by atoms with Crippen LogP contribution in [0.1, 0.15) is 64.2 Å². The molecule has 0 bridgehead atoms. The number of nitrogens with zero attached hydrogens (tertiary/aromatic N) is 1. The zero-order valence-electron chi connectivity index (χ0n) is 17.0. The lowest BCUT2D eigenvalue weighted by atomic mass is 9.70. The molecule has 4 fully saturated rings. The molecule has 6 unspecified atom stereocenters. The van der Waals surface area contributed by atoms with E-state index in [1.807, 2.05) is 0 Å². The van der Waals surface area contributed by atoms with Crippen molar-refractivity contribution in [3.05, 3.63) is 0 Å². The third-order valence-electron chi connectivity index (χ3n) is 8.18. The van der Waals surface area contributed by atoms with Crippen molar-refractivity contribution in [2.45, 2.75) is 76.3 Å². The monoisotopic (exact) mass is 392 g/mol. The highest BCUT2D eigenvalue weighted by atomic mass is 16.5. The average Bonchev–Trinajstić information content (AvgIpc) is 3.18. The van der Waals surface area contributed by atoms with Crippen molar-refractivity contribution in [3.8, 4) is 0 Å². The van der Waals surface area contributed by atoms with E-state index in [9.17, 15) is 14.8 Å². The normalized spacial score (nSPS) is 39.6. The van der Waals surface area contributed by atoms with E-state index in [0.717, 1.165) is 63.6 Å². The number of ether oxygens (including phenoxy) is 1. The number of fused-ring (bicyclic) bond motifs is 1. The summed E-state index contributed by atoms with van der Waals surface area (Å²) in [5.41, 5.74) is 5.92. The summed E-state index contributed by atoms with van der Waals surface area (Å²) >= 11 is 0. The van der Waals surface area contributed by atoms with Crippen LogP contribution in [-0.4, -0.2) is 59.7 Å². The Morgan fingerprint density at radius 1 is 1.00 bits per heavy atom. The van der Waals surface area contributed by atoms with Gasteiger partial charge in [-0.15, -0.1) is 0 Å². The number of rotatable bonds is 4. The van der Waals surface area contributed by atoms with Gasteiger partial charge < -0.3 is 25.4 Å². The molecule has 0 radical (unpaired) electrons. The minimum Gasteiger partial charge on any atom is -0.425 e. The molecule has 6 atom stereocenters. The predicted molar refractivity (Wildman–Crippen MR) is 108 cm³/mol. The Balaban J connectivity index is 1.31. The van der Waals surface area contributed by atoms with Crippen LogP contribution in [0.5, 0.6) is 0 Å². The minimum absolute atomic E-state index is 0.00430. The summed E-state index contributed by atoms with van der Waals surface area (Å²) in [6.07, 6.45) is 10.9. The molecule has 0 spiro atoms. The molecule has 6 nitrogen and oxygen atoms in total. The van der Waals surface area contributed by atoms with Crippen molar-refractivity contribution in [1.82, 2.24) is 4.90 Å². The first-order chi connectivity index (χ1) is 13.6. The first kappa shape index (κ1) is 20.6. The number of hydrogen-bond acceptors (Lipinski definition) is 5. The largest absolute Gasteiger partial charge is 0.482 e. The van der Waals surface area contributed by atoms with Crippen molar-refractivity contribution in [1.29, 1.82) is 0 Å². The Kier molecular flexibility index (Phi) is 6.65. The van der Waals surface area contributed by atoms with Gasteiger partial charge >= 0.3 is 7.12 Å². The second-order valence-corrected chi connectivity index (χ2v) is 9.75. The van der Waals surface area contributed by atoms with Gasteiger partial charge in [-0.2, -0.15) is 0 Å². The number of nitrogens with two attached hydrogens (primary N) is 1. The molecule has 158 valence electrons. The first-order valence-electron chi connectivity index (χ1n) is 11.6. The second-order valence-electron chi connectivity index (χ2n) is 9.75. The van der Waals surface area contributed by atoms with E-state index in [4.69, 9.17) is 10.5 Å². The molecule has 28 heavy (non-hydrogen) atoms. The molecule has 2 aliphatic heterocycles. The molecular weight excluding hydrogens is 355 g/mol. The maximum atomic E-state index is 13.3. The molecule has 2 heterocycles. The summed E-state index contributed by atoms with van der Waals surface area (Å²) in [4.78, 5) is 15.4. The van der Waals surface area contributed by atoms with E-state index in [1.54, 1.807) is 0 Å². The predicted octanol–water partition coefficient (Wildman–Crippen LogP) is 1.58. The maximum Gasteiger partial charge on any atom is 0.482 e. The van der Waals surface area contributed by atoms with Crippen LogP contribution in [-0.2, 0) is 9.53 Å². The molecule has 0 aromatic heterocycles. The summed E-state index contributed by atoms with van der Waals surface area (Å²) in [6.45, 7) is 2.59. The van der Waals surface area contributed by atoms with E-state index in [1.165, 1.54) is 25.7 Å². The first-order valence-corrected chi connectivity index (χ1v) is 11.6. The Morgan fingerprint density at radius 2 is 1.75 bits per heavy atom.